The number of aromatic amines is 1. The first kappa shape index (κ1) is 60.7. The second kappa shape index (κ2) is 29.9. The third-order valence-corrected chi connectivity index (χ3v) is 12.3. The minimum atomic E-state index is -1.69. The third-order valence-electron chi connectivity index (χ3n) is 12.3. The number of fused-ring (bicyclic) bond motifs is 1. The number of phenolic OH excluding ortho intramolecular Hbond substituents is 1. The van der Waals surface area contributed by atoms with Crippen LogP contribution in [0.5, 0.6) is 5.75 Å². The molecule has 0 aliphatic heterocycles. The Balaban J connectivity index is 1.54. The van der Waals surface area contributed by atoms with E-state index in [0.29, 0.717) is 34.0 Å². The molecule has 77 heavy (non-hydrogen) atoms. The zero-order valence-electron chi connectivity index (χ0n) is 42.6. The number of nitrogens with one attached hydrogen (secondary N) is 9. The maximum Gasteiger partial charge on any atom is 0.326 e. The summed E-state index contributed by atoms with van der Waals surface area (Å²) in [4.78, 5) is 146. The van der Waals surface area contributed by atoms with E-state index >= 15 is 0 Å². The number of benzene rings is 3. The van der Waals surface area contributed by atoms with Crippen LogP contribution in [-0.4, -0.2) is 146 Å². The standard InChI is InChI=1S/C52H66N10O15/c1-4-28(2)45(62-50(74)39(22-30-10-6-5-7-11-30)58-42(65)27-55-47(71)38(60-46(70)29(3)53)23-31-14-16-33(63)17-15-31)51(75)61-40(24-32-25-54-35-13-9-8-12-34(32)35)48(72)56-26-41(64)57-36(18-20-43(66)67)49(73)59-37(52(76)77)19-21-44(68)69/h5-17,25,28-29,36-40,45,54,63H,4,18-24,26-27,53H2,1-3H3,(H,55,71)(H,56,72)(H,57,64)(H,58,65)(H,59,73)(H,60,70)(H,61,75)(H,62,74)(H,66,67)(H,68,69)(H,76,77)/t28-,29+,36-,37-,38-,39-,40-,45-/m0/s1. The Labute approximate surface area is 442 Å². The summed E-state index contributed by atoms with van der Waals surface area (Å²) >= 11 is 0. The molecule has 8 amide bonds. The highest BCUT2D eigenvalue weighted by Gasteiger charge is 2.34. The molecular weight excluding hydrogens is 1000 g/mol. The van der Waals surface area contributed by atoms with Gasteiger partial charge in [0.25, 0.3) is 0 Å². The first-order chi connectivity index (χ1) is 36.5. The number of hydrogen-bond donors (Lipinski definition) is 14. The molecule has 0 aliphatic rings. The van der Waals surface area contributed by atoms with Gasteiger partial charge in [-0.2, -0.15) is 0 Å². The lowest BCUT2D eigenvalue weighted by molar-refractivity contribution is -0.144. The summed E-state index contributed by atoms with van der Waals surface area (Å²) in [5.74, 6) is -11.8. The summed E-state index contributed by atoms with van der Waals surface area (Å²) in [5, 5.41) is 58.1. The number of carboxylic acid groups (broad SMARTS) is 3. The summed E-state index contributed by atoms with van der Waals surface area (Å²) in [6.45, 7) is 3.37. The summed E-state index contributed by atoms with van der Waals surface area (Å²) in [7, 11) is 0. The Morgan fingerprint density at radius 1 is 0.532 bits per heavy atom. The summed E-state index contributed by atoms with van der Waals surface area (Å²) in [5.41, 5.74) is 8.18. The van der Waals surface area contributed by atoms with Crippen molar-refractivity contribution in [3.63, 3.8) is 0 Å². The summed E-state index contributed by atoms with van der Waals surface area (Å²) < 4.78 is 0. The van der Waals surface area contributed by atoms with Crippen molar-refractivity contribution in [3.8, 4) is 5.75 Å². The van der Waals surface area contributed by atoms with E-state index in [-0.39, 0.29) is 25.0 Å². The Kier molecular flexibility index (Phi) is 23.5. The highest BCUT2D eigenvalue weighted by Crippen LogP contribution is 2.20. The maximum atomic E-state index is 14.5. The quantitative estimate of drug-likeness (QED) is 0.0295. The van der Waals surface area contributed by atoms with Crippen molar-refractivity contribution in [2.75, 3.05) is 13.1 Å². The average Bonchev–Trinajstić information content (AvgIpc) is 3.81. The predicted molar refractivity (Wildman–Crippen MR) is 276 cm³/mol. The summed E-state index contributed by atoms with van der Waals surface area (Å²) in [6.07, 6.45) is -0.630. The van der Waals surface area contributed by atoms with Crippen molar-refractivity contribution >= 4 is 76.1 Å². The van der Waals surface area contributed by atoms with E-state index in [1.165, 1.54) is 19.1 Å². The molecular formula is C52H66N10O15. The lowest BCUT2D eigenvalue weighted by atomic mass is 9.96. The van der Waals surface area contributed by atoms with Gasteiger partial charge in [0.2, 0.25) is 47.3 Å². The largest absolute Gasteiger partial charge is 0.508 e. The topological polar surface area (TPSA) is 407 Å². The molecule has 8 atom stereocenters. The number of amides is 8. The van der Waals surface area contributed by atoms with Gasteiger partial charge in [-0.15, -0.1) is 0 Å². The van der Waals surface area contributed by atoms with Gasteiger partial charge in [0.15, 0.2) is 0 Å². The Hall–Kier alpha value is -8.87. The number of hydrogen-bond acceptors (Lipinski definition) is 13. The van der Waals surface area contributed by atoms with Crippen LogP contribution < -0.4 is 48.3 Å². The zero-order valence-corrected chi connectivity index (χ0v) is 42.6. The van der Waals surface area contributed by atoms with Crippen molar-refractivity contribution < 1.29 is 73.2 Å². The van der Waals surface area contributed by atoms with Crippen LogP contribution in [0.25, 0.3) is 10.9 Å². The molecule has 0 radical (unpaired) electrons. The molecule has 0 unspecified atom stereocenters. The fourth-order valence-corrected chi connectivity index (χ4v) is 7.79. The first-order valence-corrected chi connectivity index (χ1v) is 24.7. The SMILES string of the molecule is CC[C@H](C)[C@H](NC(=O)[C@H](Cc1ccccc1)NC(=O)CNC(=O)[C@H](Cc1ccc(O)cc1)NC(=O)[C@@H](C)N)C(=O)N[C@@H](Cc1c[nH]c2ccccc12)C(=O)NCC(=O)N[C@@H](CCC(=O)O)C(=O)N[C@@H](CCC(=O)O)C(=O)O. The van der Waals surface area contributed by atoms with Gasteiger partial charge in [-0.25, -0.2) is 4.79 Å². The minimum absolute atomic E-state index is 0.0184. The molecule has 0 fully saturated rings. The van der Waals surface area contributed by atoms with Crippen LogP contribution >= 0.6 is 0 Å². The number of phenols is 1. The average molecular weight is 1070 g/mol. The van der Waals surface area contributed by atoms with Gasteiger partial charge < -0.3 is 73.7 Å². The first-order valence-electron chi connectivity index (χ1n) is 24.7. The fraction of sp³-hybridized carbons (Fsp3) is 0.404. The van der Waals surface area contributed by atoms with Crippen molar-refractivity contribution in [3.05, 3.63) is 102 Å². The number of carboxylic acids is 3. The van der Waals surface area contributed by atoms with Crippen molar-refractivity contribution in [2.24, 2.45) is 11.7 Å². The van der Waals surface area contributed by atoms with E-state index in [4.69, 9.17) is 10.8 Å². The third kappa shape index (κ3) is 20.1. The number of carbonyl (C=O) groups is 11. The van der Waals surface area contributed by atoms with Crippen molar-refractivity contribution in [1.82, 2.24) is 47.5 Å². The van der Waals surface area contributed by atoms with Crippen LogP contribution in [0.2, 0.25) is 0 Å². The molecule has 0 saturated heterocycles. The maximum absolute atomic E-state index is 14.5. The molecule has 0 saturated carbocycles. The van der Waals surface area contributed by atoms with Crippen LogP contribution in [-0.2, 0) is 72.0 Å². The van der Waals surface area contributed by atoms with E-state index in [0.717, 1.165) is 0 Å². The Morgan fingerprint density at radius 3 is 1.57 bits per heavy atom. The lowest BCUT2D eigenvalue weighted by Crippen LogP contribution is -2.60. The van der Waals surface area contributed by atoms with Gasteiger partial charge >= 0.3 is 17.9 Å². The van der Waals surface area contributed by atoms with Crippen LogP contribution in [0.1, 0.15) is 69.6 Å². The van der Waals surface area contributed by atoms with E-state index in [1.54, 1.807) is 86.8 Å². The number of aromatic nitrogens is 1. The van der Waals surface area contributed by atoms with E-state index in [9.17, 15) is 68.1 Å². The Morgan fingerprint density at radius 2 is 1.01 bits per heavy atom. The highest BCUT2D eigenvalue weighted by molar-refractivity contribution is 5.98. The molecule has 25 nitrogen and oxygen atoms in total. The molecule has 1 aromatic heterocycles. The number of nitrogens with two attached hydrogens (primary N) is 1. The van der Waals surface area contributed by atoms with E-state index in [2.05, 4.69) is 47.5 Å². The minimum Gasteiger partial charge on any atom is -0.508 e. The molecule has 4 rings (SSSR count). The second-order valence-electron chi connectivity index (χ2n) is 18.3. The number of carbonyl (C=O) groups excluding carboxylic acids is 8. The van der Waals surface area contributed by atoms with Crippen LogP contribution in [0.3, 0.4) is 0 Å². The molecule has 0 spiro atoms. The molecule has 3 aromatic carbocycles. The normalized spacial score (nSPS) is 14.1. The molecule has 15 N–H and O–H groups in total. The fourth-order valence-electron chi connectivity index (χ4n) is 7.79. The van der Waals surface area contributed by atoms with Crippen molar-refractivity contribution in [1.29, 1.82) is 0 Å². The van der Waals surface area contributed by atoms with Crippen LogP contribution in [0.4, 0.5) is 0 Å². The van der Waals surface area contributed by atoms with E-state index < -0.39 is 152 Å². The Bertz CT molecular complexity index is 2730. The van der Waals surface area contributed by atoms with Gasteiger partial charge in [-0.05, 0) is 60.6 Å². The van der Waals surface area contributed by atoms with Gasteiger partial charge in [0.1, 0.15) is 42.0 Å². The lowest BCUT2D eigenvalue weighted by Gasteiger charge is -2.28. The smallest absolute Gasteiger partial charge is 0.326 e. The number of aliphatic carboxylic acids is 3. The van der Waals surface area contributed by atoms with E-state index in [1.807, 2.05) is 0 Å². The number of para-hydroxylation sites is 1. The molecule has 25 heteroatoms. The highest BCUT2D eigenvalue weighted by atomic mass is 16.4. The molecule has 414 valence electrons. The van der Waals surface area contributed by atoms with Gasteiger partial charge in [0, 0.05) is 49.2 Å². The summed E-state index contributed by atoms with van der Waals surface area (Å²) in [6, 6.07) is 12.0. The number of aromatic hydroxyl groups is 1. The molecule has 0 aliphatic carbocycles. The van der Waals surface area contributed by atoms with Crippen LogP contribution in [0.15, 0.2) is 85.1 Å². The molecule has 4 aromatic rings. The predicted octanol–water partition coefficient (Wildman–Crippen LogP) is -0.750. The van der Waals surface area contributed by atoms with Gasteiger partial charge in [-0.3, -0.25) is 47.9 Å². The molecule has 0 bridgehead atoms. The molecule has 1 heterocycles. The van der Waals surface area contributed by atoms with Crippen LogP contribution in [0, 0.1) is 5.92 Å². The monoisotopic (exact) mass is 1070 g/mol. The zero-order chi connectivity index (χ0) is 56.8. The number of H-pyrrole nitrogens is 1. The van der Waals surface area contributed by atoms with Gasteiger partial charge in [-0.1, -0.05) is 80.9 Å². The second-order valence-corrected chi connectivity index (χ2v) is 18.3. The van der Waals surface area contributed by atoms with Gasteiger partial charge in [0.05, 0.1) is 19.1 Å². The van der Waals surface area contributed by atoms with Crippen molar-refractivity contribution in [2.45, 2.75) is 114 Å². The number of rotatable bonds is 31.